The van der Waals surface area contributed by atoms with E-state index in [1.807, 2.05) is 0 Å². The van der Waals surface area contributed by atoms with E-state index in [-0.39, 0.29) is 10.6 Å². The van der Waals surface area contributed by atoms with Gasteiger partial charge in [0.1, 0.15) is 4.88 Å². The highest BCUT2D eigenvalue weighted by Gasteiger charge is 2.32. The molecule has 0 radical (unpaired) electrons. The summed E-state index contributed by atoms with van der Waals surface area (Å²) in [6.45, 7) is -2.15. The highest BCUT2D eigenvalue weighted by molar-refractivity contribution is 7.91. The lowest BCUT2D eigenvalue weighted by Crippen LogP contribution is -2.41. The zero-order valence-electron chi connectivity index (χ0n) is 11.2. The Hall–Kier alpha value is -1.30. The van der Waals surface area contributed by atoms with Gasteiger partial charge in [-0.15, -0.1) is 11.3 Å². The molecule has 11 heteroatoms. The fourth-order valence-electron chi connectivity index (χ4n) is 1.23. The van der Waals surface area contributed by atoms with Crippen LogP contribution in [0.1, 0.15) is 9.67 Å². The Morgan fingerprint density at radius 2 is 2.10 bits per heavy atom. The highest BCUT2D eigenvalue weighted by Crippen LogP contribution is 2.33. The molecule has 0 aliphatic heterocycles. The molecule has 120 valence electrons. The van der Waals surface area contributed by atoms with Crippen LogP contribution in [0.5, 0.6) is 5.75 Å². The summed E-state index contributed by atoms with van der Waals surface area (Å²) in [6.07, 6.45) is 0. The first-order valence-electron chi connectivity index (χ1n) is 5.50. The third-order valence-electron chi connectivity index (χ3n) is 2.34. The van der Waals surface area contributed by atoms with Crippen LogP contribution in [0.25, 0.3) is 0 Å². The topological polar surface area (TPSA) is 108 Å². The average Bonchev–Trinajstić information content (AvgIpc) is 2.89. The zero-order chi connectivity index (χ0) is 16.3. The van der Waals surface area contributed by atoms with Crippen molar-refractivity contribution in [3.63, 3.8) is 0 Å². The molecule has 0 aliphatic carbocycles. The number of methoxy groups -OCH3 is 2. The number of rotatable bonds is 7. The zero-order valence-corrected chi connectivity index (χ0v) is 12.8. The van der Waals surface area contributed by atoms with Crippen molar-refractivity contribution in [2.45, 2.75) is 10.1 Å². The minimum Gasteiger partial charge on any atom is -0.494 e. The highest BCUT2D eigenvalue weighted by atomic mass is 32.2. The number of esters is 1. The molecule has 0 atom stereocenters. The van der Waals surface area contributed by atoms with Gasteiger partial charge in [-0.1, -0.05) is 0 Å². The predicted molar refractivity (Wildman–Crippen MR) is 71.4 cm³/mol. The molecule has 21 heavy (non-hydrogen) atoms. The first kappa shape index (κ1) is 17.8. The van der Waals surface area contributed by atoms with Gasteiger partial charge in [-0.25, -0.2) is 26.7 Å². The van der Waals surface area contributed by atoms with Crippen molar-refractivity contribution >= 4 is 27.3 Å². The second-order valence-corrected chi connectivity index (χ2v) is 6.86. The van der Waals surface area contributed by atoms with Gasteiger partial charge in [0, 0.05) is 6.07 Å². The molecule has 1 rings (SSSR count). The maximum Gasteiger partial charge on any atom is 0.348 e. The van der Waals surface area contributed by atoms with Gasteiger partial charge < -0.3 is 15.2 Å². The lowest BCUT2D eigenvalue weighted by molar-refractivity contribution is 0.0170. The minimum absolute atomic E-state index is 0.0275. The van der Waals surface area contributed by atoms with E-state index < -0.39 is 39.2 Å². The van der Waals surface area contributed by atoms with E-state index in [2.05, 4.69) is 4.74 Å². The summed E-state index contributed by atoms with van der Waals surface area (Å²) in [5.41, 5.74) is 4.82. The molecule has 7 nitrogen and oxygen atoms in total. The number of halogens is 2. The van der Waals surface area contributed by atoms with Gasteiger partial charge >= 0.3 is 5.97 Å². The number of hydrogen-bond donors (Lipinski definition) is 2. The monoisotopic (exact) mass is 344 g/mol. The molecule has 0 unspecified atom stereocenters. The first-order chi connectivity index (χ1) is 9.66. The lowest BCUT2D eigenvalue weighted by atomic mass is 10.3. The summed E-state index contributed by atoms with van der Waals surface area (Å²) in [7, 11) is -1.95. The largest absolute Gasteiger partial charge is 0.494 e. The smallest absolute Gasteiger partial charge is 0.348 e. The normalized spacial score (nSPS) is 12.2. The standard InChI is InChI=1S/C10H14F2N2O5S2/c1-18-6-3-7(8(15)19-2)20-9(6)21(16,17)14-5-10(11,12)4-13/h3,14H,4-5,13H2,1-2H3. The van der Waals surface area contributed by atoms with Gasteiger partial charge in [0.25, 0.3) is 15.9 Å². The maximum atomic E-state index is 13.0. The van der Waals surface area contributed by atoms with E-state index in [9.17, 15) is 22.0 Å². The van der Waals surface area contributed by atoms with Crippen LogP contribution in [0.15, 0.2) is 10.3 Å². The molecular formula is C10H14F2N2O5S2. The van der Waals surface area contributed by atoms with Crippen LogP contribution in [0, 0.1) is 0 Å². The molecule has 0 spiro atoms. The molecule has 3 N–H and O–H groups in total. The number of ether oxygens (including phenoxy) is 2. The van der Waals surface area contributed by atoms with Crippen molar-refractivity contribution in [2.24, 2.45) is 5.73 Å². The maximum absolute atomic E-state index is 13.0. The Morgan fingerprint density at radius 1 is 1.48 bits per heavy atom. The van der Waals surface area contributed by atoms with Crippen LogP contribution in [-0.2, 0) is 14.8 Å². The van der Waals surface area contributed by atoms with Gasteiger partial charge in [0.15, 0.2) is 9.96 Å². The molecule has 0 fully saturated rings. The molecule has 1 aromatic heterocycles. The predicted octanol–water partition coefficient (Wildman–Crippen LogP) is 0.416. The number of nitrogens with two attached hydrogens (primary N) is 1. The van der Waals surface area contributed by atoms with Crippen molar-refractivity contribution in [1.82, 2.24) is 4.72 Å². The van der Waals surface area contributed by atoms with Crippen LogP contribution < -0.4 is 15.2 Å². The van der Waals surface area contributed by atoms with Crippen molar-refractivity contribution in [2.75, 3.05) is 27.3 Å². The number of hydrogen-bond acceptors (Lipinski definition) is 7. The molecule has 0 amide bonds. The summed E-state index contributed by atoms with van der Waals surface area (Å²) >= 11 is 0.556. The Balaban J connectivity index is 3.08. The molecule has 1 heterocycles. The Morgan fingerprint density at radius 3 is 2.57 bits per heavy atom. The van der Waals surface area contributed by atoms with E-state index in [0.29, 0.717) is 11.3 Å². The summed E-state index contributed by atoms with van der Waals surface area (Å²) in [5, 5.41) is 0. The molecule has 0 bridgehead atoms. The number of thiophene rings is 1. The van der Waals surface area contributed by atoms with Crippen LogP contribution in [-0.4, -0.2) is 47.6 Å². The van der Waals surface area contributed by atoms with E-state index in [0.717, 1.165) is 13.2 Å². The van der Waals surface area contributed by atoms with Crippen LogP contribution >= 0.6 is 11.3 Å². The molecule has 1 aromatic rings. The van der Waals surface area contributed by atoms with Gasteiger partial charge in [-0.3, -0.25) is 0 Å². The lowest BCUT2D eigenvalue weighted by Gasteiger charge is -2.14. The number of carbonyl (C=O) groups excluding carboxylic acids is 1. The number of alkyl halides is 2. The van der Waals surface area contributed by atoms with E-state index in [1.165, 1.54) is 7.11 Å². The number of nitrogens with one attached hydrogen (secondary N) is 1. The van der Waals surface area contributed by atoms with Gasteiger partial charge in [-0.05, 0) is 0 Å². The SMILES string of the molecule is COC(=O)c1cc(OC)c(S(=O)(=O)NCC(F)(F)CN)s1. The fraction of sp³-hybridized carbons (Fsp3) is 0.500. The molecule has 0 aliphatic rings. The van der Waals surface area contributed by atoms with Gasteiger partial charge in [0.05, 0.1) is 27.3 Å². The fourth-order valence-corrected chi connectivity index (χ4v) is 3.83. The average molecular weight is 344 g/mol. The quantitative estimate of drug-likeness (QED) is 0.694. The van der Waals surface area contributed by atoms with E-state index in [1.54, 1.807) is 4.72 Å². The summed E-state index contributed by atoms with van der Waals surface area (Å²) in [4.78, 5) is 11.3. The minimum atomic E-state index is -4.27. The summed E-state index contributed by atoms with van der Waals surface area (Å²) < 4.78 is 60.7. The van der Waals surface area contributed by atoms with Crippen molar-refractivity contribution in [3.05, 3.63) is 10.9 Å². The van der Waals surface area contributed by atoms with Crippen molar-refractivity contribution in [1.29, 1.82) is 0 Å². The molecule has 0 saturated carbocycles. The van der Waals surface area contributed by atoms with E-state index >= 15 is 0 Å². The van der Waals surface area contributed by atoms with Crippen LogP contribution in [0.3, 0.4) is 0 Å². The van der Waals surface area contributed by atoms with Gasteiger partial charge in [-0.2, -0.15) is 0 Å². The molecular weight excluding hydrogens is 330 g/mol. The molecule has 0 aromatic carbocycles. The van der Waals surface area contributed by atoms with Crippen molar-refractivity contribution in [3.8, 4) is 5.75 Å². The van der Waals surface area contributed by atoms with Crippen LogP contribution in [0.2, 0.25) is 0 Å². The van der Waals surface area contributed by atoms with Gasteiger partial charge in [0.2, 0.25) is 0 Å². The second kappa shape index (κ2) is 6.64. The van der Waals surface area contributed by atoms with Crippen molar-refractivity contribution < 1.29 is 31.5 Å². The Labute approximate surface area is 124 Å². The Kier molecular flexibility index (Phi) is 5.61. The van der Waals surface area contributed by atoms with E-state index in [4.69, 9.17) is 10.5 Å². The third-order valence-corrected chi connectivity index (χ3v) is 5.35. The molecule has 0 saturated heterocycles. The number of sulfonamides is 1. The third kappa shape index (κ3) is 4.33. The summed E-state index contributed by atoms with van der Waals surface area (Å²) in [6, 6.07) is 1.16. The second-order valence-electron chi connectivity index (χ2n) is 3.84. The number of carbonyl (C=O) groups is 1. The Bertz CT molecular complexity index is 615. The summed E-state index contributed by atoms with van der Waals surface area (Å²) in [5.74, 6) is -4.26. The van der Waals surface area contributed by atoms with Crippen LogP contribution in [0.4, 0.5) is 8.78 Å². The first-order valence-corrected chi connectivity index (χ1v) is 7.80.